The van der Waals surface area contributed by atoms with Crippen molar-refractivity contribution < 1.29 is 23.4 Å². The molecule has 1 unspecified atom stereocenters. The van der Waals surface area contributed by atoms with Crippen molar-refractivity contribution in [1.82, 2.24) is 9.97 Å². The number of nitrogens with two attached hydrogens (primary N) is 1. The number of nitriles is 1. The highest BCUT2D eigenvalue weighted by Gasteiger charge is 2.39. The van der Waals surface area contributed by atoms with Crippen LogP contribution in [-0.2, 0) is 19.0 Å². The molecule has 2 N–H and O–H groups in total. The molecule has 2 aliphatic heterocycles. The average molecular weight is 512 g/mol. The number of carbonyl (C=O) groups excluding carboxylic acids is 1. The third kappa shape index (κ3) is 5.45. The van der Waals surface area contributed by atoms with Gasteiger partial charge >= 0.3 is 5.97 Å². The quantitative estimate of drug-likeness (QED) is 0.337. The Kier molecular flexibility index (Phi) is 8.07. The zero-order valence-electron chi connectivity index (χ0n) is 20.0. The summed E-state index contributed by atoms with van der Waals surface area (Å²) in [6.45, 7) is 6.34. The highest BCUT2D eigenvalue weighted by atomic mass is 32.2. The van der Waals surface area contributed by atoms with Crippen molar-refractivity contribution >= 4 is 23.5 Å². The second-order valence-electron chi connectivity index (χ2n) is 8.04. The topological polar surface area (TPSA) is 124 Å². The van der Waals surface area contributed by atoms with Gasteiger partial charge in [-0.1, -0.05) is 30.0 Å². The maximum Gasteiger partial charge on any atom is 0.338 e. The highest BCUT2D eigenvalue weighted by molar-refractivity contribution is 7.99. The summed E-state index contributed by atoms with van der Waals surface area (Å²) in [5.74, 6) is -1.47. The van der Waals surface area contributed by atoms with E-state index in [1.165, 1.54) is 30.0 Å². The van der Waals surface area contributed by atoms with Gasteiger partial charge in [0.2, 0.25) is 5.88 Å². The number of aryl methyl sites for hydroxylation is 1. The standard InChI is InChI=1S/C25H26FN5O4S/c1-3-34-24(32)22-19(35-23(28)17(13-27)21(22)16-6-4-5-7-18(16)26)14-36-25-29-15(2)12-20(30-25)31-8-10-33-11-9-31/h4-7,12,21H,3,8-11,14,28H2,1-2H3. The molecule has 0 amide bonds. The number of rotatable bonds is 7. The molecular weight excluding hydrogens is 485 g/mol. The second kappa shape index (κ2) is 11.4. The summed E-state index contributed by atoms with van der Waals surface area (Å²) in [6.07, 6.45) is 0. The van der Waals surface area contributed by atoms with E-state index in [4.69, 9.17) is 19.9 Å². The van der Waals surface area contributed by atoms with Crippen LogP contribution >= 0.6 is 11.8 Å². The fourth-order valence-electron chi connectivity index (χ4n) is 4.05. The lowest BCUT2D eigenvalue weighted by Gasteiger charge is -2.29. The van der Waals surface area contributed by atoms with Crippen LogP contribution < -0.4 is 10.6 Å². The number of allylic oxidation sites excluding steroid dienone is 1. The number of carbonyl (C=O) groups is 1. The molecule has 3 heterocycles. The number of anilines is 1. The van der Waals surface area contributed by atoms with Gasteiger partial charge in [0, 0.05) is 30.4 Å². The molecular formula is C25H26FN5O4S. The van der Waals surface area contributed by atoms with Crippen molar-refractivity contribution in [2.45, 2.75) is 24.9 Å². The Morgan fingerprint density at radius 2 is 2.08 bits per heavy atom. The van der Waals surface area contributed by atoms with E-state index in [2.05, 4.69) is 14.9 Å². The zero-order chi connectivity index (χ0) is 25.7. The molecule has 1 aromatic heterocycles. The number of nitrogens with zero attached hydrogens (tertiary/aromatic N) is 4. The first kappa shape index (κ1) is 25.5. The molecule has 4 rings (SSSR count). The Morgan fingerprint density at radius 1 is 1.33 bits per heavy atom. The van der Waals surface area contributed by atoms with E-state index in [0.29, 0.717) is 18.4 Å². The number of morpholine rings is 1. The molecule has 0 saturated carbocycles. The molecule has 0 radical (unpaired) electrons. The summed E-state index contributed by atoms with van der Waals surface area (Å²) in [6, 6.07) is 9.82. The van der Waals surface area contributed by atoms with Crippen molar-refractivity contribution in [1.29, 1.82) is 5.26 Å². The van der Waals surface area contributed by atoms with Gasteiger partial charge in [-0.25, -0.2) is 19.2 Å². The predicted molar refractivity (Wildman–Crippen MR) is 131 cm³/mol. The van der Waals surface area contributed by atoms with Crippen LogP contribution in [0.15, 0.2) is 58.3 Å². The van der Waals surface area contributed by atoms with Crippen LogP contribution in [0.4, 0.5) is 10.2 Å². The van der Waals surface area contributed by atoms with Crippen LogP contribution in [0.2, 0.25) is 0 Å². The molecule has 11 heteroatoms. The summed E-state index contributed by atoms with van der Waals surface area (Å²) in [5.41, 5.74) is 6.97. The molecule has 0 aliphatic carbocycles. The molecule has 1 aromatic carbocycles. The zero-order valence-corrected chi connectivity index (χ0v) is 20.8. The number of benzene rings is 1. The van der Waals surface area contributed by atoms with Gasteiger partial charge < -0.3 is 24.8 Å². The molecule has 1 saturated heterocycles. The molecule has 1 atom stereocenters. The Labute approximate surface area is 212 Å². The van der Waals surface area contributed by atoms with Crippen molar-refractivity contribution in [3.63, 3.8) is 0 Å². The highest BCUT2D eigenvalue weighted by Crippen LogP contribution is 2.41. The number of thioether (sulfide) groups is 1. The average Bonchev–Trinajstić information content (AvgIpc) is 2.87. The third-order valence-electron chi connectivity index (χ3n) is 5.70. The number of hydrogen-bond acceptors (Lipinski definition) is 10. The van der Waals surface area contributed by atoms with Gasteiger partial charge in [-0.15, -0.1) is 0 Å². The maximum atomic E-state index is 14.8. The fraction of sp³-hybridized carbons (Fsp3) is 0.360. The lowest BCUT2D eigenvalue weighted by atomic mass is 9.83. The van der Waals surface area contributed by atoms with Crippen molar-refractivity contribution in [3.05, 3.63) is 70.2 Å². The molecule has 2 aromatic rings. The smallest absolute Gasteiger partial charge is 0.338 e. The first-order valence-corrected chi connectivity index (χ1v) is 12.4. The molecule has 1 fully saturated rings. The largest absolute Gasteiger partial charge is 0.463 e. The van der Waals surface area contributed by atoms with Crippen LogP contribution in [0.25, 0.3) is 0 Å². The van der Waals surface area contributed by atoms with E-state index in [1.54, 1.807) is 13.0 Å². The predicted octanol–water partition coefficient (Wildman–Crippen LogP) is 3.18. The third-order valence-corrected chi connectivity index (χ3v) is 6.54. The van der Waals surface area contributed by atoms with Gasteiger partial charge in [0.15, 0.2) is 5.16 Å². The Hall–Kier alpha value is -3.62. The molecule has 188 valence electrons. The Bertz CT molecular complexity index is 1250. The first-order chi connectivity index (χ1) is 17.4. The van der Waals surface area contributed by atoms with Crippen LogP contribution in [0.3, 0.4) is 0 Å². The monoisotopic (exact) mass is 511 g/mol. The van der Waals surface area contributed by atoms with Gasteiger partial charge in [-0.2, -0.15) is 5.26 Å². The van der Waals surface area contributed by atoms with Crippen molar-refractivity contribution in [3.8, 4) is 6.07 Å². The molecule has 36 heavy (non-hydrogen) atoms. The normalized spacial score (nSPS) is 18.1. The van der Waals surface area contributed by atoms with Crippen molar-refractivity contribution in [2.24, 2.45) is 5.73 Å². The van der Waals surface area contributed by atoms with Crippen LogP contribution in [0, 0.1) is 24.1 Å². The number of ether oxygens (including phenoxy) is 3. The summed E-state index contributed by atoms with van der Waals surface area (Å²) in [5, 5.41) is 10.3. The van der Waals surface area contributed by atoms with Crippen LogP contribution in [0.5, 0.6) is 0 Å². The van der Waals surface area contributed by atoms with Crippen LogP contribution in [-0.4, -0.2) is 54.6 Å². The summed E-state index contributed by atoms with van der Waals surface area (Å²) < 4.78 is 31.3. The van der Waals surface area contributed by atoms with Crippen LogP contribution in [0.1, 0.15) is 24.1 Å². The lowest BCUT2D eigenvalue weighted by Crippen LogP contribution is -2.36. The van der Waals surface area contributed by atoms with Gasteiger partial charge in [0.05, 0.1) is 37.1 Å². The number of aromatic nitrogens is 2. The van der Waals surface area contributed by atoms with E-state index < -0.39 is 17.7 Å². The number of esters is 1. The number of halogens is 1. The molecule has 9 nitrogen and oxygen atoms in total. The molecule has 0 bridgehead atoms. The Morgan fingerprint density at radius 3 is 2.78 bits per heavy atom. The minimum Gasteiger partial charge on any atom is -0.463 e. The van der Waals surface area contributed by atoms with E-state index >= 15 is 0 Å². The van der Waals surface area contributed by atoms with E-state index in [9.17, 15) is 14.4 Å². The SMILES string of the molecule is CCOC(=O)C1=C(CSc2nc(C)cc(N3CCOCC3)n2)OC(N)=C(C#N)C1c1ccccc1F. The minimum absolute atomic E-state index is 0.0289. The molecule has 0 spiro atoms. The van der Waals surface area contributed by atoms with Gasteiger partial charge in [-0.05, 0) is 19.9 Å². The second-order valence-corrected chi connectivity index (χ2v) is 8.98. The maximum absolute atomic E-state index is 14.8. The summed E-state index contributed by atoms with van der Waals surface area (Å²) in [7, 11) is 0. The summed E-state index contributed by atoms with van der Waals surface area (Å²) in [4.78, 5) is 24.4. The van der Waals surface area contributed by atoms with Crippen molar-refractivity contribution in [2.75, 3.05) is 43.6 Å². The fourth-order valence-corrected chi connectivity index (χ4v) is 4.89. The van der Waals surface area contributed by atoms with E-state index in [0.717, 1.165) is 24.6 Å². The Balaban J connectivity index is 1.71. The van der Waals surface area contributed by atoms with Gasteiger partial charge in [0.25, 0.3) is 0 Å². The number of hydrogen-bond donors (Lipinski definition) is 1. The van der Waals surface area contributed by atoms with E-state index in [1.807, 2.05) is 19.1 Å². The first-order valence-electron chi connectivity index (χ1n) is 11.5. The lowest BCUT2D eigenvalue weighted by molar-refractivity contribution is -0.139. The van der Waals surface area contributed by atoms with Gasteiger partial charge in [0.1, 0.15) is 29.0 Å². The van der Waals surface area contributed by atoms with E-state index in [-0.39, 0.29) is 40.7 Å². The minimum atomic E-state index is -1.07. The van der Waals surface area contributed by atoms with Gasteiger partial charge in [-0.3, -0.25) is 0 Å². The summed E-state index contributed by atoms with van der Waals surface area (Å²) >= 11 is 1.25. The molecule has 2 aliphatic rings.